The van der Waals surface area contributed by atoms with E-state index in [9.17, 15) is 8.42 Å². The van der Waals surface area contributed by atoms with Gasteiger partial charge in [0.2, 0.25) is 0 Å². The molecule has 2 aromatic carbocycles. The average molecular weight is 406 g/mol. The molecule has 3 rings (SSSR count). The summed E-state index contributed by atoms with van der Waals surface area (Å²) >= 11 is 0. The van der Waals surface area contributed by atoms with Crippen molar-refractivity contribution in [1.29, 1.82) is 0 Å². The maximum atomic E-state index is 12.4. The van der Waals surface area contributed by atoms with Crippen molar-refractivity contribution in [2.24, 2.45) is 0 Å². The smallest absolute Gasteiger partial charge is 0.297 e. The van der Waals surface area contributed by atoms with Gasteiger partial charge in [0.05, 0.1) is 31.3 Å². The molecule has 1 fully saturated rings. The number of hydrogen-bond donors (Lipinski definition) is 0. The van der Waals surface area contributed by atoms with Crippen LogP contribution in [0.4, 0.5) is 0 Å². The molecule has 1 aliphatic rings. The number of ether oxygens (including phenoxy) is 2. The minimum Gasteiger partial charge on any atom is -0.497 e. The molecule has 2 aromatic rings. The van der Waals surface area contributed by atoms with Crippen molar-refractivity contribution in [1.82, 2.24) is 4.90 Å². The van der Waals surface area contributed by atoms with Gasteiger partial charge in [-0.05, 0) is 43.7 Å². The Labute approximate surface area is 167 Å². The van der Waals surface area contributed by atoms with E-state index in [4.69, 9.17) is 13.7 Å². The number of methoxy groups -OCH3 is 1. The van der Waals surface area contributed by atoms with Gasteiger partial charge in [0.1, 0.15) is 5.75 Å². The Hall–Kier alpha value is -1.93. The van der Waals surface area contributed by atoms with Gasteiger partial charge in [0.25, 0.3) is 10.1 Å². The molecule has 0 N–H and O–H groups in total. The molecule has 0 aromatic heterocycles. The molecule has 1 heterocycles. The number of morpholine rings is 1. The lowest BCUT2D eigenvalue weighted by molar-refractivity contribution is -0.0759. The highest BCUT2D eigenvalue weighted by Gasteiger charge is 2.28. The van der Waals surface area contributed by atoms with E-state index in [1.807, 2.05) is 31.2 Å². The second-order valence-electron chi connectivity index (χ2n) is 7.13. The van der Waals surface area contributed by atoms with Crippen molar-refractivity contribution in [3.63, 3.8) is 0 Å². The number of aryl methyl sites for hydroxylation is 1. The van der Waals surface area contributed by atoms with Crippen molar-refractivity contribution in [2.75, 3.05) is 26.9 Å². The first-order chi connectivity index (χ1) is 13.4. The molecule has 0 bridgehead atoms. The van der Waals surface area contributed by atoms with Gasteiger partial charge < -0.3 is 9.47 Å². The summed E-state index contributed by atoms with van der Waals surface area (Å²) in [5.74, 6) is 0.825. The van der Waals surface area contributed by atoms with Gasteiger partial charge in [-0.15, -0.1) is 0 Å². The molecule has 1 saturated heterocycles. The average Bonchev–Trinajstić information content (AvgIpc) is 2.69. The highest BCUT2D eigenvalue weighted by molar-refractivity contribution is 7.86. The van der Waals surface area contributed by atoms with E-state index in [1.54, 1.807) is 31.4 Å². The SMILES string of the molecule is COc1ccc(CN2C[C@@H](COS(=O)(=O)c3ccc(C)cc3)OC[C@@H]2C)cc1. The van der Waals surface area contributed by atoms with E-state index in [0.29, 0.717) is 13.2 Å². The first-order valence-corrected chi connectivity index (χ1v) is 10.7. The molecule has 152 valence electrons. The summed E-state index contributed by atoms with van der Waals surface area (Å²) in [7, 11) is -2.14. The summed E-state index contributed by atoms with van der Waals surface area (Å²) in [6, 6.07) is 14.8. The van der Waals surface area contributed by atoms with Crippen molar-refractivity contribution < 1.29 is 22.1 Å². The molecule has 0 unspecified atom stereocenters. The molecule has 0 aliphatic carbocycles. The highest BCUT2D eigenvalue weighted by atomic mass is 32.2. The minimum absolute atomic E-state index is 0.00203. The van der Waals surface area contributed by atoms with Crippen molar-refractivity contribution in [3.05, 3.63) is 59.7 Å². The van der Waals surface area contributed by atoms with Crippen LogP contribution in [0, 0.1) is 6.92 Å². The van der Waals surface area contributed by atoms with Crippen molar-refractivity contribution >= 4 is 10.1 Å². The van der Waals surface area contributed by atoms with Crippen LogP contribution in [-0.2, 0) is 25.6 Å². The highest BCUT2D eigenvalue weighted by Crippen LogP contribution is 2.20. The van der Waals surface area contributed by atoms with Gasteiger partial charge in [0.15, 0.2) is 0 Å². The van der Waals surface area contributed by atoms with Gasteiger partial charge in [-0.3, -0.25) is 9.08 Å². The second kappa shape index (κ2) is 9.05. The van der Waals surface area contributed by atoms with Crippen LogP contribution in [-0.4, -0.2) is 52.3 Å². The maximum Gasteiger partial charge on any atom is 0.297 e. The van der Waals surface area contributed by atoms with Crippen molar-refractivity contribution in [2.45, 2.75) is 37.4 Å². The zero-order valence-corrected chi connectivity index (χ0v) is 17.3. The molecule has 0 saturated carbocycles. The molecule has 0 amide bonds. The summed E-state index contributed by atoms with van der Waals surface area (Å²) < 4.78 is 41.0. The molecular formula is C21H27NO5S. The van der Waals surface area contributed by atoms with Gasteiger partial charge in [-0.2, -0.15) is 8.42 Å². The van der Waals surface area contributed by atoms with E-state index in [-0.39, 0.29) is 23.6 Å². The zero-order valence-electron chi connectivity index (χ0n) is 16.5. The Balaban J connectivity index is 1.58. The van der Waals surface area contributed by atoms with Crippen LogP contribution in [0.25, 0.3) is 0 Å². The van der Waals surface area contributed by atoms with Crippen LogP contribution in [0.15, 0.2) is 53.4 Å². The Morgan fingerprint density at radius 1 is 1.11 bits per heavy atom. The van der Waals surface area contributed by atoms with E-state index in [0.717, 1.165) is 17.9 Å². The van der Waals surface area contributed by atoms with E-state index in [2.05, 4.69) is 11.8 Å². The quantitative estimate of drug-likeness (QED) is 0.660. The molecule has 2 atom stereocenters. The number of nitrogens with zero attached hydrogens (tertiary/aromatic N) is 1. The predicted octanol–water partition coefficient (Wildman–Crippen LogP) is 3.00. The molecule has 0 spiro atoms. The topological polar surface area (TPSA) is 65.1 Å². The first kappa shape index (κ1) is 20.8. The predicted molar refractivity (Wildman–Crippen MR) is 107 cm³/mol. The fourth-order valence-electron chi connectivity index (χ4n) is 3.10. The van der Waals surface area contributed by atoms with Crippen LogP contribution in [0.2, 0.25) is 0 Å². The Morgan fingerprint density at radius 3 is 2.43 bits per heavy atom. The Morgan fingerprint density at radius 2 is 1.79 bits per heavy atom. The monoisotopic (exact) mass is 405 g/mol. The van der Waals surface area contributed by atoms with Crippen LogP contribution >= 0.6 is 0 Å². The molecule has 1 aliphatic heterocycles. The molecule has 0 radical (unpaired) electrons. The first-order valence-electron chi connectivity index (χ1n) is 9.32. The number of hydrogen-bond acceptors (Lipinski definition) is 6. The van der Waals surface area contributed by atoms with Crippen LogP contribution in [0.3, 0.4) is 0 Å². The lowest BCUT2D eigenvalue weighted by atomic mass is 10.1. The lowest BCUT2D eigenvalue weighted by Gasteiger charge is -2.37. The van der Waals surface area contributed by atoms with E-state index >= 15 is 0 Å². The molecule has 28 heavy (non-hydrogen) atoms. The van der Waals surface area contributed by atoms with Gasteiger partial charge in [-0.25, -0.2) is 0 Å². The molecular weight excluding hydrogens is 378 g/mol. The standard InChI is InChI=1S/C21H27NO5S/c1-16-4-10-21(11-5-16)28(23,24)27-15-20-13-22(17(2)14-26-20)12-18-6-8-19(25-3)9-7-18/h4-11,17,20H,12-15H2,1-3H3/t17-,20-/m0/s1. The maximum absolute atomic E-state index is 12.4. The summed E-state index contributed by atoms with van der Waals surface area (Å²) in [5.41, 5.74) is 2.17. The van der Waals surface area contributed by atoms with Crippen LogP contribution in [0.5, 0.6) is 5.75 Å². The third kappa shape index (κ3) is 5.32. The van der Waals surface area contributed by atoms with Crippen molar-refractivity contribution in [3.8, 4) is 5.75 Å². The van der Waals surface area contributed by atoms with E-state index < -0.39 is 10.1 Å². The van der Waals surface area contributed by atoms with Crippen LogP contribution < -0.4 is 4.74 Å². The number of benzene rings is 2. The van der Waals surface area contributed by atoms with Gasteiger partial charge in [0, 0.05) is 19.1 Å². The fraction of sp³-hybridized carbons (Fsp3) is 0.429. The second-order valence-corrected chi connectivity index (χ2v) is 8.75. The lowest BCUT2D eigenvalue weighted by Crippen LogP contribution is -2.49. The molecule has 6 nitrogen and oxygen atoms in total. The van der Waals surface area contributed by atoms with Crippen LogP contribution in [0.1, 0.15) is 18.1 Å². The largest absolute Gasteiger partial charge is 0.497 e. The van der Waals surface area contributed by atoms with Gasteiger partial charge >= 0.3 is 0 Å². The normalized spacial score (nSPS) is 20.8. The Bertz CT molecular complexity index is 865. The zero-order chi connectivity index (χ0) is 20.1. The minimum atomic E-state index is -3.79. The summed E-state index contributed by atoms with van der Waals surface area (Å²) in [6.07, 6.45) is -0.297. The fourth-order valence-corrected chi connectivity index (χ4v) is 4.04. The third-order valence-corrected chi connectivity index (χ3v) is 6.19. The summed E-state index contributed by atoms with van der Waals surface area (Å²) in [5, 5.41) is 0. The number of rotatable bonds is 7. The Kier molecular flexibility index (Phi) is 6.72. The summed E-state index contributed by atoms with van der Waals surface area (Å²) in [6.45, 7) is 5.92. The summed E-state index contributed by atoms with van der Waals surface area (Å²) in [4.78, 5) is 2.44. The third-order valence-electron chi connectivity index (χ3n) is 4.90. The van der Waals surface area contributed by atoms with E-state index in [1.165, 1.54) is 5.56 Å². The van der Waals surface area contributed by atoms with Gasteiger partial charge in [-0.1, -0.05) is 29.8 Å². The molecule has 7 heteroatoms.